The highest BCUT2D eigenvalue weighted by Crippen LogP contribution is 2.12. The van der Waals surface area contributed by atoms with Crippen LogP contribution in [0.5, 0.6) is 0 Å². The van der Waals surface area contributed by atoms with Gasteiger partial charge in [-0.2, -0.15) is 0 Å². The number of unbranched alkanes of at least 4 members (excludes halogenated alkanes) is 1. The number of rotatable bonds is 6. The van der Waals surface area contributed by atoms with Crippen LogP contribution in [0.15, 0.2) is 24.3 Å². The SMILES string of the molecule is CCCCN(C)C(=O)Nc1ccc(CC(=O)N2CCN(C)CC2)cc1. The minimum absolute atomic E-state index is 0.102. The molecule has 1 heterocycles. The van der Waals surface area contributed by atoms with E-state index in [0.29, 0.717) is 6.42 Å². The molecule has 0 atom stereocenters. The second-order valence-corrected chi connectivity index (χ2v) is 6.76. The minimum atomic E-state index is -0.102. The van der Waals surface area contributed by atoms with Gasteiger partial charge >= 0.3 is 6.03 Å². The molecule has 0 spiro atoms. The van der Waals surface area contributed by atoms with Gasteiger partial charge in [0.1, 0.15) is 0 Å². The molecule has 0 aromatic heterocycles. The number of nitrogens with one attached hydrogen (secondary N) is 1. The highest BCUT2D eigenvalue weighted by atomic mass is 16.2. The van der Waals surface area contributed by atoms with Gasteiger partial charge in [0.25, 0.3) is 0 Å². The molecule has 1 aromatic carbocycles. The van der Waals surface area contributed by atoms with E-state index in [2.05, 4.69) is 24.2 Å². The van der Waals surface area contributed by atoms with Crippen molar-refractivity contribution < 1.29 is 9.59 Å². The molecule has 138 valence electrons. The van der Waals surface area contributed by atoms with E-state index in [1.54, 1.807) is 11.9 Å². The number of carbonyl (C=O) groups excluding carboxylic acids is 2. The second-order valence-electron chi connectivity index (χ2n) is 6.76. The van der Waals surface area contributed by atoms with Gasteiger partial charge in [0.15, 0.2) is 0 Å². The van der Waals surface area contributed by atoms with Crippen molar-refractivity contribution in [2.24, 2.45) is 0 Å². The van der Waals surface area contributed by atoms with Crippen LogP contribution < -0.4 is 5.32 Å². The quantitative estimate of drug-likeness (QED) is 0.860. The van der Waals surface area contributed by atoms with Gasteiger partial charge in [-0.25, -0.2) is 4.79 Å². The molecule has 1 N–H and O–H groups in total. The van der Waals surface area contributed by atoms with Crippen molar-refractivity contribution in [1.29, 1.82) is 0 Å². The summed E-state index contributed by atoms with van der Waals surface area (Å²) in [5.41, 5.74) is 1.73. The number of likely N-dealkylation sites (N-methyl/N-ethyl adjacent to an activating group) is 1. The molecule has 0 saturated carbocycles. The lowest BCUT2D eigenvalue weighted by Gasteiger charge is -2.32. The van der Waals surface area contributed by atoms with Crippen LogP contribution in [-0.4, -0.2) is 73.5 Å². The van der Waals surface area contributed by atoms with Gasteiger partial charge < -0.3 is 20.0 Å². The fourth-order valence-corrected chi connectivity index (χ4v) is 2.76. The van der Waals surface area contributed by atoms with Gasteiger partial charge in [-0.1, -0.05) is 25.5 Å². The molecule has 1 fully saturated rings. The van der Waals surface area contributed by atoms with E-state index in [0.717, 1.165) is 56.8 Å². The maximum atomic E-state index is 12.4. The number of carbonyl (C=O) groups is 2. The molecule has 1 aliphatic rings. The molecular formula is C19H30N4O2. The summed E-state index contributed by atoms with van der Waals surface area (Å²) in [5.74, 6) is 0.171. The number of anilines is 1. The summed E-state index contributed by atoms with van der Waals surface area (Å²) in [6, 6.07) is 7.44. The maximum Gasteiger partial charge on any atom is 0.321 e. The van der Waals surface area contributed by atoms with Gasteiger partial charge in [-0.15, -0.1) is 0 Å². The van der Waals surface area contributed by atoms with Crippen LogP contribution in [0.4, 0.5) is 10.5 Å². The normalized spacial score (nSPS) is 15.1. The van der Waals surface area contributed by atoms with Crippen molar-refractivity contribution in [2.45, 2.75) is 26.2 Å². The Morgan fingerprint density at radius 1 is 1.12 bits per heavy atom. The Kier molecular flexibility index (Phi) is 7.25. The van der Waals surface area contributed by atoms with Gasteiger partial charge in [0.2, 0.25) is 5.91 Å². The molecule has 3 amide bonds. The first-order valence-electron chi connectivity index (χ1n) is 9.07. The average Bonchev–Trinajstić information content (AvgIpc) is 2.61. The smallest absolute Gasteiger partial charge is 0.321 e. The Balaban J connectivity index is 1.83. The number of piperazine rings is 1. The van der Waals surface area contributed by atoms with Crippen LogP contribution >= 0.6 is 0 Å². The van der Waals surface area contributed by atoms with E-state index in [-0.39, 0.29) is 11.9 Å². The third-order valence-electron chi connectivity index (χ3n) is 4.61. The van der Waals surface area contributed by atoms with Gasteiger partial charge in [-0.05, 0) is 31.2 Å². The summed E-state index contributed by atoms with van der Waals surface area (Å²) in [6.07, 6.45) is 2.47. The Morgan fingerprint density at radius 3 is 2.36 bits per heavy atom. The van der Waals surface area contributed by atoms with Crippen LogP contribution in [-0.2, 0) is 11.2 Å². The van der Waals surface area contributed by atoms with Crippen molar-refractivity contribution in [2.75, 3.05) is 52.1 Å². The van der Waals surface area contributed by atoms with E-state index in [4.69, 9.17) is 0 Å². The monoisotopic (exact) mass is 346 g/mol. The number of urea groups is 1. The molecule has 1 saturated heterocycles. The maximum absolute atomic E-state index is 12.4. The van der Waals surface area contributed by atoms with E-state index < -0.39 is 0 Å². The summed E-state index contributed by atoms with van der Waals surface area (Å²) in [5, 5.41) is 2.89. The van der Waals surface area contributed by atoms with Crippen LogP contribution in [0.2, 0.25) is 0 Å². The van der Waals surface area contributed by atoms with E-state index in [1.165, 1.54) is 0 Å². The molecule has 6 heteroatoms. The first-order chi connectivity index (χ1) is 12.0. The summed E-state index contributed by atoms with van der Waals surface area (Å²) >= 11 is 0. The summed E-state index contributed by atoms with van der Waals surface area (Å²) in [6.45, 7) is 6.32. The summed E-state index contributed by atoms with van der Waals surface area (Å²) in [4.78, 5) is 30.3. The highest BCUT2D eigenvalue weighted by Gasteiger charge is 2.19. The molecule has 0 unspecified atom stereocenters. The van der Waals surface area contributed by atoms with Gasteiger partial charge in [0.05, 0.1) is 6.42 Å². The Hall–Kier alpha value is -2.08. The molecule has 25 heavy (non-hydrogen) atoms. The number of hydrogen-bond acceptors (Lipinski definition) is 3. The number of hydrogen-bond donors (Lipinski definition) is 1. The zero-order valence-corrected chi connectivity index (χ0v) is 15.6. The van der Waals surface area contributed by atoms with Crippen LogP contribution in [0, 0.1) is 0 Å². The largest absolute Gasteiger partial charge is 0.340 e. The predicted octanol–water partition coefficient (Wildman–Crippen LogP) is 2.27. The fraction of sp³-hybridized carbons (Fsp3) is 0.579. The standard InChI is InChI=1S/C19H30N4O2/c1-4-5-10-22(3)19(25)20-17-8-6-16(7-9-17)15-18(24)23-13-11-21(2)12-14-23/h6-9H,4-5,10-15H2,1-3H3,(H,20,25). The summed E-state index contributed by atoms with van der Waals surface area (Å²) < 4.78 is 0. The van der Waals surface area contributed by atoms with Crippen LogP contribution in [0.1, 0.15) is 25.3 Å². The van der Waals surface area contributed by atoms with E-state index in [1.807, 2.05) is 29.2 Å². The average molecular weight is 346 g/mol. The van der Waals surface area contributed by atoms with Crippen molar-refractivity contribution in [3.63, 3.8) is 0 Å². The zero-order chi connectivity index (χ0) is 18.2. The van der Waals surface area contributed by atoms with E-state index >= 15 is 0 Å². The first kappa shape index (κ1) is 19.2. The number of nitrogens with zero attached hydrogens (tertiary/aromatic N) is 3. The van der Waals surface area contributed by atoms with Crippen molar-refractivity contribution in [1.82, 2.24) is 14.7 Å². The Morgan fingerprint density at radius 2 is 1.76 bits per heavy atom. The second kappa shape index (κ2) is 9.42. The molecule has 1 aliphatic heterocycles. The molecule has 2 rings (SSSR count). The third kappa shape index (κ3) is 6.05. The van der Waals surface area contributed by atoms with Crippen molar-refractivity contribution >= 4 is 17.6 Å². The molecule has 0 aliphatic carbocycles. The first-order valence-corrected chi connectivity index (χ1v) is 9.07. The van der Waals surface area contributed by atoms with Crippen molar-refractivity contribution in [3.8, 4) is 0 Å². The molecular weight excluding hydrogens is 316 g/mol. The lowest BCUT2D eigenvalue weighted by molar-refractivity contribution is -0.132. The Labute approximate surface area is 150 Å². The summed E-state index contributed by atoms with van der Waals surface area (Å²) in [7, 11) is 3.88. The fourth-order valence-electron chi connectivity index (χ4n) is 2.76. The van der Waals surface area contributed by atoms with Crippen molar-refractivity contribution in [3.05, 3.63) is 29.8 Å². The highest BCUT2D eigenvalue weighted by molar-refractivity contribution is 5.89. The molecule has 0 bridgehead atoms. The van der Waals surface area contributed by atoms with Gasteiger partial charge in [-0.3, -0.25) is 4.79 Å². The zero-order valence-electron chi connectivity index (χ0n) is 15.6. The predicted molar refractivity (Wildman–Crippen MR) is 101 cm³/mol. The number of amides is 3. The lowest BCUT2D eigenvalue weighted by Crippen LogP contribution is -2.47. The topological polar surface area (TPSA) is 55.9 Å². The molecule has 0 radical (unpaired) electrons. The minimum Gasteiger partial charge on any atom is -0.340 e. The van der Waals surface area contributed by atoms with Crippen LogP contribution in [0.25, 0.3) is 0 Å². The molecule has 6 nitrogen and oxygen atoms in total. The third-order valence-corrected chi connectivity index (χ3v) is 4.61. The van der Waals surface area contributed by atoms with E-state index in [9.17, 15) is 9.59 Å². The van der Waals surface area contributed by atoms with Crippen LogP contribution in [0.3, 0.4) is 0 Å². The van der Waals surface area contributed by atoms with Gasteiger partial charge in [0, 0.05) is 45.5 Å². The molecule has 1 aromatic rings. The Bertz CT molecular complexity index is 565. The lowest BCUT2D eigenvalue weighted by atomic mass is 10.1. The number of benzene rings is 1.